The monoisotopic (exact) mass is 245 g/mol. The molecule has 0 fully saturated rings. The highest BCUT2D eigenvalue weighted by Crippen LogP contribution is 2.25. The molecule has 0 spiro atoms. The molecule has 0 radical (unpaired) electrons. The minimum atomic E-state index is -0.383. The van der Waals surface area contributed by atoms with Crippen LogP contribution in [0, 0.1) is 0 Å². The number of amides is 1. The van der Waals surface area contributed by atoms with E-state index in [4.69, 9.17) is 23.2 Å². The van der Waals surface area contributed by atoms with E-state index in [1.165, 1.54) is 13.0 Å². The molecule has 80 valence electrons. The second-order valence-corrected chi connectivity index (χ2v) is 3.89. The number of Topliss-reactive ketones (excluding diaryl/α,β-unsaturated/α-hetero) is 1. The molecule has 1 aromatic rings. The Morgan fingerprint density at radius 1 is 1.33 bits per heavy atom. The van der Waals surface area contributed by atoms with E-state index < -0.39 is 0 Å². The fourth-order valence-electron chi connectivity index (χ4n) is 1.01. The van der Waals surface area contributed by atoms with Crippen LogP contribution in [0.3, 0.4) is 0 Å². The lowest BCUT2D eigenvalue weighted by Crippen LogP contribution is -2.14. The van der Waals surface area contributed by atoms with Crippen molar-refractivity contribution in [3.05, 3.63) is 28.2 Å². The predicted octanol–water partition coefficient (Wildman–Crippen LogP) is 2.91. The minimum absolute atomic E-state index is 0.154. The van der Waals surface area contributed by atoms with Crippen molar-refractivity contribution in [2.75, 3.05) is 5.32 Å². The van der Waals surface area contributed by atoms with Crippen molar-refractivity contribution >= 4 is 40.6 Å². The first-order valence-corrected chi connectivity index (χ1v) is 4.99. The highest BCUT2D eigenvalue weighted by Gasteiger charge is 2.08. The maximum Gasteiger partial charge on any atom is 0.231 e. The van der Waals surface area contributed by atoms with Gasteiger partial charge in [0.1, 0.15) is 5.78 Å². The quantitative estimate of drug-likeness (QED) is 0.833. The third kappa shape index (κ3) is 3.90. The number of halogens is 2. The summed E-state index contributed by atoms with van der Waals surface area (Å²) in [4.78, 5) is 21.9. The van der Waals surface area contributed by atoms with Crippen molar-refractivity contribution in [1.29, 1.82) is 0 Å². The molecule has 0 aliphatic heterocycles. The van der Waals surface area contributed by atoms with Gasteiger partial charge in [-0.15, -0.1) is 0 Å². The minimum Gasteiger partial charge on any atom is -0.324 e. The van der Waals surface area contributed by atoms with Gasteiger partial charge in [0.15, 0.2) is 0 Å². The SMILES string of the molecule is CC(=O)CC(=O)Nc1ccc(Cl)cc1Cl. The molecule has 15 heavy (non-hydrogen) atoms. The summed E-state index contributed by atoms with van der Waals surface area (Å²) in [6.45, 7) is 1.35. The first kappa shape index (κ1) is 12.0. The molecule has 0 saturated carbocycles. The number of nitrogens with one attached hydrogen (secondary N) is 1. The van der Waals surface area contributed by atoms with Crippen molar-refractivity contribution in [2.45, 2.75) is 13.3 Å². The Labute approximate surface area is 97.4 Å². The molecule has 1 amide bonds. The van der Waals surface area contributed by atoms with Crippen molar-refractivity contribution in [3.8, 4) is 0 Å². The lowest BCUT2D eigenvalue weighted by Gasteiger charge is -2.06. The first-order chi connectivity index (χ1) is 6.99. The van der Waals surface area contributed by atoms with E-state index in [0.29, 0.717) is 15.7 Å². The van der Waals surface area contributed by atoms with Crippen LogP contribution < -0.4 is 5.32 Å². The Morgan fingerprint density at radius 3 is 2.53 bits per heavy atom. The Hall–Kier alpha value is -1.06. The number of rotatable bonds is 3. The summed E-state index contributed by atoms with van der Waals surface area (Å²) in [5.74, 6) is -0.579. The van der Waals surface area contributed by atoms with Gasteiger partial charge < -0.3 is 5.32 Å². The van der Waals surface area contributed by atoms with E-state index in [1.807, 2.05) is 0 Å². The smallest absolute Gasteiger partial charge is 0.231 e. The van der Waals surface area contributed by atoms with Crippen LogP contribution in [-0.4, -0.2) is 11.7 Å². The maximum atomic E-state index is 11.2. The highest BCUT2D eigenvalue weighted by molar-refractivity contribution is 6.36. The topological polar surface area (TPSA) is 46.2 Å². The van der Waals surface area contributed by atoms with Gasteiger partial charge in [-0.2, -0.15) is 0 Å². The van der Waals surface area contributed by atoms with E-state index >= 15 is 0 Å². The van der Waals surface area contributed by atoms with Crippen LogP contribution in [0.2, 0.25) is 10.0 Å². The fraction of sp³-hybridized carbons (Fsp3) is 0.200. The molecule has 0 unspecified atom stereocenters. The molecule has 0 aliphatic carbocycles. The summed E-state index contributed by atoms with van der Waals surface area (Å²) in [7, 11) is 0. The van der Waals surface area contributed by atoms with Crippen LogP contribution >= 0.6 is 23.2 Å². The summed E-state index contributed by atoms with van der Waals surface area (Å²) >= 11 is 11.5. The Bertz CT molecular complexity index is 404. The number of ketones is 1. The zero-order valence-electron chi connectivity index (χ0n) is 8.01. The van der Waals surface area contributed by atoms with Crippen molar-refractivity contribution < 1.29 is 9.59 Å². The zero-order valence-corrected chi connectivity index (χ0v) is 9.52. The van der Waals surface area contributed by atoms with Gasteiger partial charge in [-0.1, -0.05) is 23.2 Å². The molecule has 3 nitrogen and oxygen atoms in total. The lowest BCUT2D eigenvalue weighted by molar-refractivity contribution is -0.124. The van der Waals surface area contributed by atoms with Gasteiger partial charge in [0.05, 0.1) is 17.1 Å². The van der Waals surface area contributed by atoms with E-state index in [0.717, 1.165) is 0 Å². The van der Waals surface area contributed by atoms with E-state index in [-0.39, 0.29) is 18.1 Å². The van der Waals surface area contributed by atoms with Gasteiger partial charge in [-0.3, -0.25) is 9.59 Å². The Balaban J connectivity index is 2.72. The fourth-order valence-corrected chi connectivity index (χ4v) is 1.47. The van der Waals surface area contributed by atoms with Crippen LogP contribution in [0.4, 0.5) is 5.69 Å². The molecule has 0 aliphatic rings. The Morgan fingerprint density at radius 2 is 2.00 bits per heavy atom. The largest absolute Gasteiger partial charge is 0.324 e. The van der Waals surface area contributed by atoms with E-state index in [2.05, 4.69) is 5.32 Å². The summed E-state index contributed by atoms with van der Waals surface area (Å²) in [5, 5.41) is 3.36. The molecule has 0 heterocycles. The Kier molecular flexibility index (Phi) is 4.12. The average Bonchev–Trinajstić information content (AvgIpc) is 2.08. The highest BCUT2D eigenvalue weighted by atomic mass is 35.5. The molecule has 5 heteroatoms. The average molecular weight is 246 g/mol. The molecule has 0 bridgehead atoms. The van der Waals surface area contributed by atoms with Crippen molar-refractivity contribution in [3.63, 3.8) is 0 Å². The molecule has 0 atom stereocenters. The van der Waals surface area contributed by atoms with Crippen LogP contribution in [0.15, 0.2) is 18.2 Å². The van der Waals surface area contributed by atoms with Gasteiger partial charge in [0.2, 0.25) is 5.91 Å². The summed E-state index contributed by atoms with van der Waals surface area (Å²) in [5.41, 5.74) is 0.451. The third-order valence-electron chi connectivity index (χ3n) is 1.61. The van der Waals surface area contributed by atoms with Crippen LogP contribution in [0.25, 0.3) is 0 Å². The predicted molar refractivity (Wildman–Crippen MR) is 60.4 cm³/mol. The number of anilines is 1. The molecule has 1 N–H and O–H groups in total. The molecule has 1 rings (SSSR count). The van der Waals surface area contributed by atoms with E-state index in [1.54, 1.807) is 12.1 Å². The number of hydrogen-bond acceptors (Lipinski definition) is 2. The number of benzene rings is 1. The summed E-state index contributed by atoms with van der Waals surface area (Å²) in [6, 6.07) is 4.71. The van der Waals surface area contributed by atoms with Gasteiger partial charge >= 0.3 is 0 Å². The number of hydrogen-bond donors (Lipinski definition) is 1. The molecule has 1 aromatic carbocycles. The standard InChI is InChI=1S/C10H9Cl2NO2/c1-6(14)4-10(15)13-9-3-2-7(11)5-8(9)12/h2-3,5H,4H2,1H3,(H,13,15). The normalized spacial score (nSPS) is 9.80. The zero-order chi connectivity index (χ0) is 11.4. The van der Waals surface area contributed by atoms with Crippen LogP contribution in [0.1, 0.15) is 13.3 Å². The summed E-state index contributed by atoms with van der Waals surface area (Å²) in [6.07, 6.45) is -0.154. The van der Waals surface area contributed by atoms with E-state index in [9.17, 15) is 9.59 Å². The second-order valence-electron chi connectivity index (χ2n) is 3.05. The second kappa shape index (κ2) is 5.14. The van der Waals surface area contributed by atoms with Gasteiger partial charge in [-0.05, 0) is 25.1 Å². The van der Waals surface area contributed by atoms with Crippen molar-refractivity contribution in [1.82, 2.24) is 0 Å². The molecule has 0 saturated heterocycles. The number of carbonyl (C=O) groups excluding carboxylic acids is 2. The third-order valence-corrected chi connectivity index (χ3v) is 2.16. The lowest BCUT2D eigenvalue weighted by atomic mass is 10.2. The number of carbonyl (C=O) groups is 2. The maximum absolute atomic E-state index is 11.2. The molecule has 0 aromatic heterocycles. The summed E-state index contributed by atoms with van der Waals surface area (Å²) < 4.78 is 0. The molecular weight excluding hydrogens is 237 g/mol. The van der Waals surface area contributed by atoms with Crippen LogP contribution in [0.5, 0.6) is 0 Å². The van der Waals surface area contributed by atoms with Gasteiger partial charge in [0.25, 0.3) is 0 Å². The van der Waals surface area contributed by atoms with Crippen LogP contribution in [-0.2, 0) is 9.59 Å². The van der Waals surface area contributed by atoms with Crippen molar-refractivity contribution in [2.24, 2.45) is 0 Å². The van der Waals surface area contributed by atoms with Gasteiger partial charge in [-0.25, -0.2) is 0 Å². The molecular formula is C10H9Cl2NO2. The first-order valence-electron chi connectivity index (χ1n) is 4.23. The van der Waals surface area contributed by atoms with Gasteiger partial charge in [0, 0.05) is 5.02 Å².